The number of rotatable bonds is 6. The van der Waals surface area contributed by atoms with Crippen LogP contribution in [-0.4, -0.2) is 42.4 Å². The largest absolute Gasteiger partial charge is 0.384 e. The highest BCUT2D eigenvalue weighted by Crippen LogP contribution is 2.24. The van der Waals surface area contributed by atoms with Gasteiger partial charge in [0.2, 0.25) is 10.0 Å². The lowest BCUT2D eigenvalue weighted by atomic mass is 9.99. The maximum absolute atomic E-state index is 12.6. The summed E-state index contributed by atoms with van der Waals surface area (Å²) in [5.74, 6) is 0.535. The molecule has 3 heterocycles. The van der Waals surface area contributed by atoms with Crippen molar-refractivity contribution in [3.05, 3.63) is 40.7 Å². The normalized spacial score (nSPS) is 18.6. The molecule has 6 nitrogen and oxygen atoms in total. The van der Waals surface area contributed by atoms with Crippen molar-refractivity contribution in [3.63, 3.8) is 0 Å². The maximum atomic E-state index is 12.6. The zero-order chi connectivity index (χ0) is 17.9. The summed E-state index contributed by atoms with van der Waals surface area (Å²) in [4.78, 5) is 4.41. The summed E-state index contributed by atoms with van der Waals surface area (Å²) >= 11 is 1.53. The molecule has 1 fully saturated rings. The number of hydrogen-bond acceptors (Lipinski definition) is 6. The Labute approximate surface area is 152 Å². The van der Waals surface area contributed by atoms with E-state index in [1.54, 1.807) is 19.1 Å². The fourth-order valence-corrected chi connectivity index (χ4v) is 5.07. The molecule has 0 saturated carbocycles. The lowest BCUT2D eigenvalue weighted by Gasteiger charge is -2.26. The van der Waals surface area contributed by atoms with E-state index in [0.717, 1.165) is 24.8 Å². The van der Waals surface area contributed by atoms with Gasteiger partial charge in [-0.2, -0.15) is 15.6 Å². The second-order valence-electron chi connectivity index (χ2n) is 6.48. The molecule has 1 aliphatic rings. The summed E-state index contributed by atoms with van der Waals surface area (Å²) in [5, 5.41) is 17.4. The Kier molecular flexibility index (Phi) is 5.43. The summed E-state index contributed by atoms with van der Waals surface area (Å²) in [6, 6.07) is 5.09. The van der Waals surface area contributed by atoms with Crippen LogP contribution in [0.5, 0.6) is 0 Å². The number of hydrogen-bond donors (Lipinski definition) is 2. The van der Waals surface area contributed by atoms with E-state index in [1.807, 2.05) is 16.8 Å². The van der Waals surface area contributed by atoms with Gasteiger partial charge in [0.1, 0.15) is 16.3 Å². The number of pyridine rings is 1. The van der Waals surface area contributed by atoms with E-state index in [9.17, 15) is 13.5 Å². The van der Waals surface area contributed by atoms with Crippen molar-refractivity contribution in [2.75, 3.05) is 25.0 Å². The SMILES string of the molecule is CC(O)(CNc1ccc(S(=O)(=O)N2CCCCC2)cn1)c1ccsc1. The molecule has 25 heavy (non-hydrogen) atoms. The van der Waals surface area contributed by atoms with Gasteiger partial charge in [-0.05, 0) is 54.3 Å². The molecule has 1 aliphatic heterocycles. The van der Waals surface area contributed by atoms with Gasteiger partial charge in [-0.3, -0.25) is 0 Å². The van der Waals surface area contributed by atoms with E-state index >= 15 is 0 Å². The van der Waals surface area contributed by atoms with E-state index in [4.69, 9.17) is 0 Å². The molecule has 2 N–H and O–H groups in total. The fraction of sp³-hybridized carbons (Fsp3) is 0.471. The zero-order valence-electron chi connectivity index (χ0n) is 14.2. The topological polar surface area (TPSA) is 82.5 Å². The molecule has 0 aliphatic carbocycles. The van der Waals surface area contributed by atoms with Crippen LogP contribution in [0.3, 0.4) is 0 Å². The van der Waals surface area contributed by atoms with Crippen molar-refractivity contribution in [1.82, 2.24) is 9.29 Å². The average Bonchev–Trinajstić information content (AvgIpc) is 3.17. The molecular formula is C17H23N3O3S2. The van der Waals surface area contributed by atoms with Crippen LogP contribution in [0.15, 0.2) is 40.1 Å². The van der Waals surface area contributed by atoms with Crippen molar-refractivity contribution in [2.45, 2.75) is 36.7 Å². The number of nitrogens with one attached hydrogen (secondary N) is 1. The Balaban J connectivity index is 1.66. The van der Waals surface area contributed by atoms with Gasteiger partial charge in [-0.25, -0.2) is 13.4 Å². The van der Waals surface area contributed by atoms with E-state index < -0.39 is 15.6 Å². The van der Waals surface area contributed by atoms with E-state index in [2.05, 4.69) is 10.3 Å². The highest BCUT2D eigenvalue weighted by molar-refractivity contribution is 7.89. The molecule has 1 atom stereocenters. The molecule has 1 saturated heterocycles. The van der Waals surface area contributed by atoms with E-state index in [0.29, 0.717) is 18.9 Å². The summed E-state index contributed by atoms with van der Waals surface area (Å²) in [7, 11) is -3.46. The second-order valence-corrected chi connectivity index (χ2v) is 9.20. The Morgan fingerprint density at radius 1 is 1.28 bits per heavy atom. The predicted octanol–water partition coefficient (Wildman–Crippen LogP) is 2.64. The Bertz CT molecular complexity index is 781. The number of nitrogens with zero attached hydrogens (tertiary/aromatic N) is 2. The van der Waals surface area contributed by atoms with Gasteiger partial charge >= 0.3 is 0 Å². The Morgan fingerprint density at radius 3 is 2.64 bits per heavy atom. The molecule has 2 aromatic rings. The van der Waals surface area contributed by atoms with Gasteiger partial charge in [0.25, 0.3) is 0 Å². The minimum Gasteiger partial charge on any atom is -0.384 e. The Morgan fingerprint density at radius 2 is 2.04 bits per heavy atom. The molecule has 0 amide bonds. The van der Waals surface area contributed by atoms with Crippen LogP contribution in [0, 0.1) is 0 Å². The van der Waals surface area contributed by atoms with Crippen LogP contribution in [0.4, 0.5) is 5.82 Å². The van der Waals surface area contributed by atoms with Crippen LogP contribution in [-0.2, 0) is 15.6 Å². The molecule has 1 unspecified atom stereocenters. The van der Waals surface area contributed by atoms with Gasteiger partial charge in [0, 0.05) is 25.8 Å². The standard InChI is InChI=1S/C17H23N3O3S2/c1-17(21,14-7-10-24-12-14)13-19-16-6-5-15(11-18-16)25(22,23)20-8-3-2-4-9-20/h5-7,10-12,21H,2-4,8-9,13H2,1H3,(H,18,19). The van der Waals surface area contributed by atoms with Crippen LogP contribution >= 0.6 is 11.3 Å². The highest BCUT2D eigenvalue weighted by Gasteiger charge is 2.26. The zero-order valence-corrected chi connectivity index (χ0v) is 15.8. The van der Waals surface area contributed by atoms with Crippen LogP contribution in [0.1, 0.15) is 31.7 Å². The van der Waals surface area contributed by atoms with Crippen molar-refractivity contribution in [1.29, 1.82) is 0 Å². The summed E-state index contributed by atoms with van der Waals surface area (Å²) in [6.45, 7) is 3.17. The third-order valence-corrected chi connectivity index (χ3v) is 7.01. The summed E-state index contributed by atoms with van der Waals surface area (Å²) in [6.07, 6.45) is 4.27. The third-order valence-electron chi connectivity index (χ3n) is 4.45. The molecule has 0 spiro atoms. The van der Waals surface area contributed by atoms with Gasteiger partial charge in [-0.1, -0.05) is 6.42 Å². The van der Waals surface area contributed by atoms with Gasteiger partial charge in [-0.15, -0.1) is 0 Å². The van der Waals surface area contributed by atoms with Gasteiger partial charge in [0.15, 0.2) is 0 Å². The van der Waals surface area contributed by atoms with Crippen LogP contribution in [0.25, 0.3) is 0 Å². The van der Waals surface area contributed by atoms with E-state index in [-0.39, 0.29) is 11.4 Å². The maximum Gasteiger partial charge on any atom is 0.244 e. The smallest absolute Gasteiger partial charge is 0.244 e. The first-order valence-corrected chi connectivity index (χ1v) is 10.7. The molecule has 0 aromatic carbocycles. The highest BCUT2D eigenvalue weighted by atomic mass is 32.2. The number of thiophene rings is 1. The van der Waals surface area contributed by atoms with Crippen molar-refractivity contribution >= 4 is 27.2 Å². The Hall–Kier alpha value is -1.48. The first kappa shape index (κ1) is 18.3. The van der Waals surface area contributed by atoms with Crippen molar-refractivity contribution in [3.8, 4) is 0 Å². The molecule has 2 aromatic heterocycles. The fourth-order valence-electron chi connectivity index (χ4n) is 2.83. The second kappa shape index (κ2) is 7.41. The molecule has 3 rings (SSSR count). The number of aromatic nitrogens is 1. The monoisotopic (exact) mass is 381 g/mol. The minimum absolute atomic E-state index is 0.213. The molecule has 8 heteroatoms. The average molecular weight is 382 g/mol. The van der Waals surface area contributed by atoms with Gasteiger partial charge in [0.05, 0.1) is 0 Å². The van der Waals surface area contributed by atoms with Crippen molar-refractivity contribution < 1.29 is 13.5 Å². The first-order chi connectivity index (χ1) is 11.9. The molecule has 136 valence electrons. The van der Waals surface area contributed by atoms with Gasteiger partial charge < -0.3 is 10.4 Å². The third kappa shape index (κ3) is 4.20. The first-order valence-electron chi connectivity index (χ1n) is 8.35. The van der Waals surface area contributed by atoms with E-state index in [1.165, 1.54) is 21.8 Å². The molecular weight excluding hydrogens is 358 g/mol. The number of aliphatic hydroxyl groups is 1. The van der Waals surface area contributed by atoms with Crippen LogP contribution < -0.4 is 5.32 Å². The number of piperidine rings is 1. The molecule has 0 radical (unpaired) electrons. The predicted molar refractivity (Wildman–Crippen MR) is 99.2 cm³/mol. The summed E-state index contributed by atoms with van der Waals surface area (Å²) in [5.41, 5.74) is -0.172. The minimum atomic E-state index is -3.46. The lowest BCUT2D eigenvalue weighted by molar-refractivity contribution is 0.0719. The lowest BCUT2D eigenvalue weighted by Crippen LogP contribution is -2.35. The van der Waals surface area contributed by atoms with Crippen molar-refractivity contribution in [2.24, 2.45) is 0 Å². The number of anilines is 1. The summed E-state index contributed by atoms with van der Waals surface area (Å²) < 4.78 is 26.7. The van der Waals surface area contributed by atoms with Crippen LogP contribution in [0.2, 0.25) is 0 Å². The number of sulfonamides is 1. The molecule has 0 bridgehead atoms. The quantitative estimate of drug-likeness (QED) is 0.804.